The minimum absolute atomic E-state index is 0.422. The van der Waals surface area contributed by atoms with Gasteiger partial charge in [0.2, 0.25) is 6.08 Å². The fourth-order valence-corrected chi connectivity index (χ4v) is 1.93. The van der Waals surface area contributed by atoms with Crippen LogP contribution in [0.1, 0.15) is 5.56 Å². The van der Waals surface area contributed by atoms with Crippen LogP contribution < -0.4 is 0 Å². The molecule has 0 fully saturated rings. The van der Waals surface area contributed by atoms with E-state index in [9.17, 15) is 4.79 Å². The number of benzene rings is 1. The van der Waals surface area contributed by atoms with Gasteiger partial charge >= 0.3 is 0 Å². The molecule has 0 heterocycles. The number of nitrogens with zero attached hydrogens (tertiary/aromatic N) is 1. The summed E-state index contributed by atoms with van der Waals surface area (Å²) < 4.78 is 0.945. The van der Waals surface area contributed by atoms with Crippen LogP contribution in [-0.2, 0) is 11.2 Å². The molecular formula is C9H7BrClNO. The fourth-order valence-electron chi connectivity index (χ4n) is 0.985. The summed E-state index contributed by atoms with van der Waals surface area (Å²) >= 11 is 9.31. The van der Waals surface area contributed by atoms with E-state index in [1.807, 2.05) is 18.2 Å². The molecule has 0 bridgehead atoms. The molecule has 0 amide bonds. The third-order valence-electron chi connectivity index (χ3n) is 1.60. The quantitative estimate of drug-likeness (QED) is 0.607. The predicted octanol–water partition coefficient (Wildman–Crippen LogP) is 2.98. The van der Waals surface area contributed by atoms with Crippen LogP contribution in [-0.4, -0.2) is 12.6 Å². The fraction of sp³-hybridized carbons (Fsp3) is 0.222. The summed E-state index contributed by atoms with van der Waals surface area (Å²) in [5, 5.41) is 0.690. The number of halogens is 2. The van der Waals surface area contributed by atoms with Gasteiger partial charge in [-0.2, -0.15) is 0 Å². The SMILES string of the molecule is O=C=NCCc1c(Cl)cccc1Br. The van der Waals surface area contributed by atoms with Gasteiger partial charge in [-0.25, -0.2) is 9.79 Å². The Hall–Kier alpha value is -0.630. The predicted molar refractivity (Wildman–Crippen MR) is 55.8 cm³/mol. The largest absolute Gasteiger partial charge is 0.234 e. The van der Waals surface area contributed by atoms with E-state index >= 15 is 0 Å². The molecule has 1 rings (SSSR count). The molecule has 1 aromatic rings. The van der Waals surface area contributed by atoms with E-state index in [2.05, 4.69) is 20.9 Å². The molecule has 0 radical (unpaired) electrons. The number of hydrogen-bond donors (Lipinski definition) is 0. The van der Waals surface area contributed by atoms with Crippen LogP contribution in [0, 0.1) is 0 Å². The standard InChI is InChI=1S/C9H7BrClNO/c10-8-2-1-3-9(11)7(8)4-5-12-6-13/h1-3H,4-5H2. The first kappa shape index (κ1) is 10.5. The van der Waals surface area contributed by atoms with E-state index in [0.717, 1.165) is 10.0 Å². The van der Waals surface area contributed by atoms with Crippen molar-refractivity contribution in [2.75, 3.05) is 6.54 Å². The van der Waals surface area contributed by atoms with Crippen LogP contribution in [0.4, 0.5) is 0 Å². The average molecular weight is 261 g/mol. The van der Waals surface area contributed by atoms with Gasteiger partial charge in [0, 0.05) is 9.50 Å². The van der Waals surface area contributed by atoms with Gasteiger partial charge < -0.3 is 0 Å². The summed E-state index contributed by atoms with van der Waals surface area (Å²) in [6.07, 6.45) is 2.14. The molecule has 0 aliphatic carbocycles. The molecule has 0 N–H and O–H groups in total. The van der Waals surface area contributed by atoms with Gasteiger partial charge in [-0.1, -0.05) is 33.6 Å². The second-order valence-corrected chi connectivity index (χ2v) is 3.68. The molecule has 0 saturated heterocycles. The molecule has 68 valence electrons. The third kappa shape index (κ3) is 2.96. The number of isocyanates is 1. The van der Waals surface area contributed by atoms with E-state index in [-0.39, 0.29) is 0 Å². The molecule has 2 nitrogen and oxygen atoms in total. The summed E-state index contributed by atoms with van der Waals surface area (Å²) in [7, 11) is 0. The second-order valence-electron chi connectivity index (χ2n) is 2.42. The lowest BCUT2D eigenvalue weighted by molar-refractivity contribution is 0.563. The molecule has 1 aromatic carbocycles. The van der Waals surface area contributed by atoms with Crippen LogP contribution in [0.3, 0.4) is 0 Å². The van der Waals surface area contributed by atoms with E-state index in [0.29, 0.717) is 18.0 Å². The molecule has 0 saturated carbocycles. The number of aliphatic imine (C=N–C) groups is 1. The molecule has 0 unspecified atom stereocenters. The summed E-state index contributed by atoms with van der Waals surface area (Å²) in [6, 6.07) is 5.58. The Labute approximate surface area is 89.8 Å². The van der Waals surface area contributed by atoms with Gasteiger partial charge in [-0.3, -0.25) is 0 Å². The first-order valence-electron chi connectivity index (χ1n) is 3.72. The van der Waals surface area contributed by atoms with Crippen molar-refractivity contribution in [1.29, 1.82) is 0 Å². The van der Waals surface area contributed by atoms with E-state index in [4.69, 9.17) is 11.6 Å². The molecule has 0 spiro atoms. The smallest absolute Gasteiger partial charge is 0.211 e. The van der Waals surface area contributed by atoms with Crippen molar-refractivity contribution in [3.8, 4) is 0 Å². The maximum Gasteiger partial charge on any atom is 0.234 e. The summed E-state index contributed by atoms with van der Waals surface area (Å²) in [6.45, 7) is 0.422. The molecule has 0 atom stereocenters. The summed E-state index contributed by atoms with van der Waals surface area (Å²) in [5.74, 6) is 0. The lowest BCUT2D eigenvalue weighted by Crippen LogP contribution is -1.91. The zero-order chi connectivity index (χ0) is 9.68. The minimum atomic E-state index is 0.422. The van der Waals surface area contributed by atoms with Crippen LogP contribution in [0.5, 0.6) is 0 Å². The second kappa shape index (κ2) is 5.18. The molecule has 0 aliphatic rings. The number of hydrogen-bond acceptors (Lipinski definition) is 2. The maximum absolute atomic E-state index is 9.83. The third-order valence-corrected chi connectivity index (χ3v) is 2.70. The molecule has 13 heavy (non-hydrogen) atoms. The Morgan fingerprint density at radius 3 is 2.92 bits per heavy atom. The Morgan fingerprint density at radius 2 is 2.31 bits per heavy atom. The van der Waals surface area contributed by atoms with Crippen LogP contribution >= 0.6 is 27.5 Å². The van der Waals surface area contributed by atoms with E-state index in [1.165, 1.54) is 6.08 Å². The lowest BCUT2D eigenvalue weighted by Gasteiger charge is -2.03. The topological polar surface area (TPSA) is 29.4 Å². The highest BCUT2D eigenvalue weighted by Gasteiger charge is 2.03. The monoisotopic (exact) mass is 259 g/mol. The van der Waals surface area contributed by atoms with Crippen molar-refractivity contribution < 1.29 is 4.79 Å². The molecule has 0 aliphatic heterocycles. The first-order chi connectivity index (χ1) is 6.25. The normalized spacial score (nSPS) is 9.38. The number of carbonyl (C=O) groups excluding carboxylic acids is 1. The first-order valence-corrected chi connectivity index (χ1v) is 4.89. The van der Waals surface area contributed by atoms with Crippen LogP contribution in [0.25, 0.3) is 0 Å². The van der Waals surface area contributed by atoms with Gasteiger partial charge in [0.25, 0.3) is 0 Å². The van der Waals surface area contributed by atoms with E-state index in [1.54, 1.807) is 0 Å². The van der Waals surface area contributed by atoms with Crippen LogP contribution in [0.2, 0.25) is 5.02 Å². The lowest BCUT2D eigenvalue weighted by atomic mass is 10.1. The maximum atomic E-state index is 9.83. The average Bonchev–Trinajstić information content (AvgIpc) is 2.10. The highest BCUT2D eigenvalue weighted by molar-refractivity contribution is 9.10. The van der Waals surface area contributed by atoms with Gasteiger partial charge in [-0.05, 0) is 24.1 Å². The van der Waals surface area contributed by atoms with Gasteiger partial charge in [0.1, 0.15) is 0 Å². The zero-order valence-electron chi connectivity index (χ0n) is 6.76. The number of rotatable bonds is 3. The minimum Gasteiger partial charge on any atom is -0.211 e. The van der Waals surface area contributed by atoms with Crippen molar-refractivity contribution in [2.24, 2.45) is 4.99 Å². The van der Waals surface area contributed by atoms with Crippen molar-refractivity contribution in [3.05, 3.63) is 33.3 Å². The van der Waals surface area contributed by atoms with Gasteiger partial charge in [0.15, 0.2) is 0 Å². The van der Waals surface area contributed by atoms with Crippen molar-refractivity contribution >= 4 is 33.6 Å². The highest BCUT2D eigenvalue weighted by Crippen LogP contribution is 2.24. The van der Waals surface area contributed by atoms with Crippen LogP contribution in [0.15, 0.2) is 27.7 Å². The summed E-state index contributed by atoms with van der Waals surface area (Å²) in [4.78, 5) is 13.3. The molecule has 0 aromatic heterocycles. The van der Waals surface area contributed by atoms with Gasteiger partial charge in [0.05, 0.1) is 6.54 Å². The highest BCUT2D eigenvalue weighted by atomic mass is 79.9. The summed E-state index contributed by atoms with van der Waals surface area (Å²) in [5.41, 5.74) is 0.975. The Bertz CT molecular complexity index is 327. The Kier molecular flexibility index (Phi) is 4.16. The van der Waals surface area contributed by atoms with Crippen molar-refractivity contribution in [1.82, 2.24) is 0 Å². The Balaban J connectivity index is 2.80. The van der Waals surface area contributed by atoms with E-state index < -0.39 is 0 Å². The zero-order valence-corrected chi connectivity index (χ0v) is 9.10. The van der Waals surface area contributed by atoms with Gasteiger partial charge in [-0.15, -0.1) is 0 Å². The molecular weight excluding hydrogens is 253 g/mol. The van der Waals surface area contributed by atoms with Crippen molar-refractivity contribution in [3.63, 3.8) is 0 Å². The Morgan fingerprint density at radius 1 is 1.54 bits per heavy atom. The molecule has 4 heteroatoms. The van der Waals surface area contributed by atoms with Crippen molar-refractivity contribution in [2.45, 2.75) is 6.42 Å².